The van der Waals surface area contributed by atoms with Gasteiger partial charge in [-0.1, -0.05) is 0 Å². The minimum atomic E-state index is -0.312. The maximum absolute atomic E-state index is 11.7. The first-order valence-electron chi connectivity index (χ1n) is 3.88. The van der Waals surface area contributed by atoms with Gasteiger partial charge in [0.1, 0.15) is 6.33 Å². The fourth-order valence-electron chi connectivity index (χ4n) is 1.04. The summed E-state index contributed by atoms with van der Waals surface area (Å²) >= 11 is 0. The van der Waals surface area contributed by atoms with Crippen molar-refractivity contribution in [1.82, 2.24) is 20.2 Å². The van der Waals surface area contributed by atoms with E-state index < -0.39 is 0 Å². The van der Waals surface area contributed by atoms with Gasteiger partial charge in [-0.2, -0.15) is 5.10 Å². The van der Waals surface area contributed by atoms with Gasteiger partial charge in [-0.15, -0.1) is 0 Å². The van der Waals surface area contributed by atoms with Crippen molar-refractivity contribution in [3.8, 4) is 0 Å². The summed E-state index contributed by atoms with van der Waals surface area (Å²) in [5, 5.41) is 6.05. The molecule has 6 heteroatoms. The van der Waals surface area contributed by atoms with Gasteiger partial charge in [0.25, 0.3) is 0 Å². The fraction of sp³-hybridized carbons (Fsp3) is 0. The van der Waals surface area contributed by atoms with Crippen molar-refractivity contribution in [2.24, 2.45) is 0 Å². The van der Waals surface area contributed by atoms with Crippen molar-refractivity contribution in [1.29, 1.82) is 0 Å². The Morgan fingerprint density at radius 1 is 1.50 bits per heavy atom. The van der Waals surface area contributed by atoms with Crippen molar-refractivity contribution < 1.29 is 4.79 Å². The molecule has 0 aliphatic heterocycles. The minimum Gasteiger partial charge on any atom is -0.398 e. The first-order valence-corrected chi connectivity index (χ1v) is 3.88. The summed E-state index contributed by atoms with van der Waals surface area (Å²) in [4.78, 5) is 19.2. The maximum Gasteiger partial charge on any atom is 0.233 e. The molecule has 0 saturated heterocycles. The quantitative estimate of drug-likeness (QED) is 0.648. The molecular formula is C8H7N5O. The van der Waals surface area contributed by atoms with E-state index in [4.69, 9.17) is 5.73 Å². The van der Waals surface area contributed by atoms with E-state index in [0.717, 1.165) is 0 Å². The average molecular weight is 189 g/mol. The number of rotatable bonds is 2. The zero-order chi connectivity index (χ0) is 9.97. The molecule has 2 aromatic rings. The fourth-order valence-corrected chi connectivity index (χ4v) is 1.04. The van der Waals surface area contributed by atoms with Crippen LogP contribution < -0.4 is 5.73 Å². The second-order valence-electron chi connectivity index (χ2n) is 2.63. The zero-order valence-electron chi connectivity index (χ0n) is 7.14. The number of nitrogen functional groups attached to an aromatic ring is 1. The number of aromatic nitrogens is 4. The molecule has 70 valence electrons. The third kappa shape index (κ3) is 1.33. The number of nitrogens with zero attached hydrogens (tertiary/aromatic N) is 3. The highest BCUT2D eigenvalue weighted by molar-refractivity contribution is 6.09. The minimum absolute atomic E-state index is 0.157. The molecule has 0 radical (unpaired) electrons. The van der Waals surface area contributed by atoms with E-state index in [1.807, 2.05) is 0 Å². The molecule has 0 fully saturated rings. The van der Waals surface area contributed by atoms with Crippen LogP contribution in [0.4, 0.5) is 5.69 Å². The Morgan fingerprint density at radius 2 is 2.36 bits per heavy atom. The van der Waals surface area contributed by atoms with Crippen LogP contribution in [0.25, 0.3) is 0 Å². The van der Waals surface area contributed by atoms with Gasteiger partial charge in [0.15, 0.2) is 5.82 Å². The monoisotopic (exact) mass is 189 g/mol. The van der Waals surface area contributed by atoms with E-state index in [1.165, 1.54) is 18.7 Å². The third-order valence-electron chi connectivity index (χ3n) is 1.73. The summed E-state index contributed by atoms with van der Waals surface area (Å²) in [5.74, 6) is -0.155. The molecule has 0 aliphatic carbocycles. The van der Waals surface area contributed by atoms with Gasteiger partial charge in [0, 0.05) is 18.1 Å². The van der Waals surface area contributed by atoms with E-state index in [0.29, 0.717) is 11.3 Å². The Bertz CT molecular complexity index is 451. The van der Waals surface area contributed by atoms with Gasteiger partial charge in [0.2, 0.25) is 5.78 Å². The second-order valence-corrected chi connectivity index (χ2v) is 2.63. The van der Waals surface area contributed by atoms with E-state index in [-0.39, 0.29) is 11.6 Å². The molecule has 2 heterocycles. The average Bonchev–Trinajstić information content (AvgIpc) is 2.70. The summed E-state index contributed by atoms with van der Waals surface area (Å²) in [6.45, 7) is 0. The van der Waals surface area contributed by atoms with Crippen molar-refractivity contribution in [2.45, 2.75) is 0 Å². The molecule has 3 N–H and O–H groups in total. The molecule has 0 unspecified atom stereocenters. The highest BCUT2D eigenvalue weighted by Gasteiger charge is 2.14. The molecule has 6 nitrogen and oxygen atoms in total. The van der Waals surface area contributed by atoms with E-state index in [2.05, 4.69) is 20.2 Å². The number of carbonyl (C=O) groups excluding carboxylic acids is 1. The lowest BCUT2D eigenvalue weighted by Gasteiger charge is -1.99. The normalized spacial score (nSPS) is 10.0. The third-order valence-corrected chi connectivity index (χ3v) is 1.73. The SMILES string of the molecule is Nc1ccncc1C(=O)c1ncn[nH]1. The lowest BCUT2D eigenvalue weighted by molar-refractivity contribution is 0.103. The molecule has 14 heavy (non-hydrogen) atoms. The molecule has 0 spiro atoms. The Kier molecular flexibility index (Phi) is 1.94. The van der Waals surface area contributed by atoms with Gasteiger partial charge < -0.3 is 5.73 Å². The van der Waals surface area contributed by atoms with Crippen molar-refractivity contribution in [2.75, 3.05) is 5.73 Å². The van der Waals surface area contributed by atoms with Crippen molar-refractivity contribution >= 4 is 11.5 Å². The van der Waals surface area contributed by atoms with E-state index in [9.17, 15) is 4.79 Å². The number of nitrogens with two attached hydrogens (primary N) is 1. The first-order chi connectivity index (χ1) is 6.79. The van der Waals surface area contributed by atoms with Gasteiger partial charge in [0.05, 0.1) is 5.56 Å². The molecular weight excluding hydrogens is 182 g/mol. The van der Waals surface area contributed by atoms with Crippen molar-refractivity contribution in [3.05, 3.63) is 36.2 Å². The maximum atomic E-state index is 11.7. The van der Waals surface area contributed by atoms with E-state index >= 15 is 0 Å². The number of hydrogen-bond acceptors (Lipinski definition) is 5. The van der Waals surface area contributed by atoms with Gasteiger partial charge in [-0.25, -0.2) is 4.98 Å². The van der Waals surface area contributed by atoms with Crippen molar-refractivity contribution in [3.63, 3.8) is 0 Å². The lowest BCUT2D eigenvalue weighted by Crippen LogP contribution is -2.07. The Morgan fingerprint density at radius 3 is 3.00 bits per heavy atom. The first kappa shape index (κ1) is 8.36. The van der Waals surface area contributed by atoms with Crippen LogP contribution in [0.3, 0.4) is 0 Å². The molecule has 0 amide bonds. The molecule has 0 saturated carbocycles. The molecule has 0 bridgehead atoms. The number of H-pyrrole nitrogens is 1. The largest absolute Gasteiger partial charge is 0.398 e. The number of pyridine rings is 1. The summed E-state index contributed by atoms with van der Waals surface area (Å²) in [5.41, 5.74) is 6.30. The van der Waals surface area contributed by atoms with Crippen LogP contribution >= 0.6 is 0 Å². The van der Waals surface area contributed by atoms with Crippen LogP contribution in [-0.4, -0.2) is 25.9 Å². The highest BCUT2D eigenvalue weighted by atomic mass is 16.1. The number of nitrogens with one attached hydrogen (secondary N) is 1. The van der Waals surface area contributed by atoms with Crippen LogP contribution in [0.2, 0.25) is 0 Å². The summed E-state index contributed by atoms with van der Waals surface area (Å²) in [6.07, 6.45) is 4.19. The molecule has 2 aromatic heterocycles. The number of aromatic amines is 1. The molecule has 2 rings (SSSR count). The molecule has 0 aliphatic rings. The predicted octanol–water partition coefficient (Wildman–Crippen LogP) is 0.0129. The Hall–Kier alpha value is -2.24. The predicted molar refractivity (Wildman–Crippen MR) is 48.5 cm³/mol. The number of carbonyl (C=O) groups is 1. The topological polar surface area (TPSA) is 97.6 Å². The zero-order valence-corrected chi connectivity index (χ0v) is 7.14. The van der Waals surface area contributed by atoms with Crippen LogP contribution in [-0.2, 0) is 0 Å². The van der Waals surface area contributed by atoms with Crippen LogP contribution in [0.5, 0.6) is 0 Å². The number of ketones is 1. The van der Waals surface area contributed by atoms with Crippen LogP contribution in [0.15, 0.2) is 24.8 Å². The Balaban J connectivity index is 2.42. The summed E-state index contributed by atoms with van der Waals surface area (Å²) < 4.78 is 0. The summed E-state index contributed by atoms with van der Waals surface area (Å²) in [7, 11) is 0. The number of hydrogen-bond donors (Lipinski definition) is 2. The number of anilines is 1. The molecule has 0 atom stereocenters. The highest BCUT2D eigenvalue weighted by Crippen LogP contribution is 2.11. The summed E-state index contributed by atoms with van der Waals surface area (Å²) in [6, 6.07) is 1.56. The smallest absolute Gasteiger partial charge is 0.233 e. The van der Waals surface area contributed by atoms with Gasteiger partial charge >= 0.3 is 0 Å². The van der Waals surface area contributed by atoms with Crippen LogP contribution in [0, 0.1) is 0 Å². The second kappa shape index (κ2) is 3.25. The Labute approximate surface area is 79.2 Å². The van der Waals surface area contributed by atoms with Gasteiger partial charge in [-0.05, 0) is 6.07 Å². The standard InChI is InChI=1S/C8H7N5O/c9-6-1-2-10-3-5(6)7(14)8-11-4-12-13-8/h1-4H,(H2,9,10)(H,11,12,13). The lowest BCUT2D eigenvalue weighted by atomic mass is 10.1. The van der Waals surface area contributed by atoms with Gasteiger partial charge in [-0.3, -0.25) is 14.9 Å². The molecule has 0 aromatic carbocycles. The van der Waals surface area contributed by atoms with Crippen LogP contribution in [0.1, 0.15) is 16.2 Å². The van der Waals surface area contributed by atoms with E-state index in [1.54, 1.807) is 6.07 Å².